The van der Waals surface area contributed by atoms with Gasteiger partial charge in [0.2, 0.25) is 5.91 Å². The molecule has 4 rings (SSSR count). The standard InChI is InChI=1S/C23H25N3O3/c1-16-13-21(17(2)26(16)15-20-5-4-12-29-20)23(28)24-14-18-7-9-19(10-8-18)25-11-3-6-22(25)27/h4-5,7-10,12-13H,3,6,11,14-15H2,1-2H3,(H,24,28). The van der Waals surface area contributed by atoms with Gasteiger partial charge < -0.3 is 19.2 Å². The van der Waals surface area contributed by atoms with Crippen LogP contribution in [0.25, 0.3) is 0 Å². The number of amides is 2. The minimum Gasteiger partial charge on any atom is -0.467 e. The molecule has 3 aromatic rings. The monoisotopic (exact) mass is 391 g/mol. The van der Waals surface area contributed by atoms with E-state index >= 15 is 0 Å². The predicted molar refractivity (Wildman–Crippen MR) is 111 cm³/mol. The van der Waals surface area contributed by atoms with Crippen molar-refractivity contribution in [2.45, 2.75) is 39.8 Å². The molecule has 0 atom stereocenters. The highest BCUT2D eigenvalue weighted by atomic mass is 16.3. The van der Waals surface area contributed by atoms with Crippen molar-refractivity contribution in [3.05, 3.63) is 77.0 Å². The zero-order chi connectivity index (χ0) is 20.4. The molecule has 1 N–H and O–H groups in total. The summed E-state index contributed by atoms with van der Waals surface area (Å²) >= 11 is 0. The molecule has 1 fully saturated rings. The minimum atomic E-state index is -0.0948. The molecule has 0 radical (unpaired) electrons. The first-order valence-corrected chi connectivity index (χ1v) is 9.89. The van der Waals surface area contributed by atoms with E-state index in [-0.39, 0.29) is 11.8 Å². The Morgan fingerprint density at radius 1 is 1.17 bits per heavy atom. The molecule has 6 nitrogen and oxygen atoms in total. The summed E-state index contributed by atoms with van der Waals surface area (Å²) < 4.78 is 7.51. The number of benzene rings is 1. The van der Waals surface area contributed by atoms with E-state index in [2.05, 4.69) is 9.88 Å². The van der Waals surface area contributed by atoms with E-state index in [0.29, 0.717) is 25.1 Å². The Hall–Kier alpha value is -3.28. The van der Waals surface area contributed by atoms with Crippen LogP contribution in [-0.4, -0.2) is 22.9 Å². The maximum atomic E-state index is 12.7. The van der Waals surface area contributed by atoms with Gasteiger partial charge in [-0.1, -0.05) is 12.1 Å². The van der Waals surface area contributed by atoms with Gasteiger partial charge in [0.25, 0.3) is 5.91 Å². The highest BCUT2D eigenvalue weighted by molar-refractivity contribution is 5.96. The average molecular weight is 391 g/mol. The van der Waals surface area contributed by atoms with E-state index in [1.807, 2.05) is 61.2 Å². The van der Waals surface area contributed by atoms with Gasteiger partial charge in [0.1, 0.15) is 5.76 Å². The summed E-state index contributed by atoms with van der Waals surface area (Å²) in [7, 11) is 0. The van der Waals surface area contributed by atoms with Crippen molar-refractivity contribution in [1.82, 2.24) is 9.88 Å². The smallest absolute Gasteiger partial charge is 0.253 e. The molecule has 0 bridgehead atoms. The Labute approximate surface area is 170 Å². The summed E-state index contributed by atoms with van der Waals surface area (Å²) in [6.07, 6.45) is 3.19. The zero-order valence-electron chi connectivity index (χ0n) is 16.8. The van der Waals surface area contributed by atoms with Crippen LogP contribution in [0.2, 0.25) is 0 Å². The normalized spacial score (nSPS) is 13.9. The molecule has 0 spiro atoms. The van der Waals surface area contributed by atoms with Crippen molar-refractivity contribution in [2.24, 2.45) is 0 Å². The molecule has 150 valence electrons. The Kier molecular flexibility index (Phi) is 5.25. The molecule has 0 saturated carbocycles. The van der Waals surface area contributed by atoms with Gasteiger partial charge in [-0.25, -0.2) is 0 Å². The van der Waals surface area contributed by atoms with E-state index in [1.54, 1.807) is 6.26 Å². The molecule has 29 heavy (non-hydrogen) atoms. The van der Waals surface area contributed by atoms with Gasteiger partial charge >= 0.3 is 0 Å². The summed E-state index contributed by atoms with van der Waals surface area (Å²) in [6, 6.07) is 13.5. The lowest BCUT2D eigenvalue weighted by Gasteiger charge is -2.16. The quantitative estimate of drug-likeness (QED) is 0.695. The second-order valence-electron chi connectivity index (χ2n) is 7.45. The fraction of sp³-hybridized carbons (Fsp3) is 0.304. The van der Waals surface area contributed by atoms with Crippen LogP contribution in [0.15, 0.2) is 53.1 Å². The summed E-state index contributed by atoms with van der Waals surface area (Å²) in [5, 5.41) is 3.00. The van der Waals surface area contributed by atoms with Crippen LogP contribution < -0.4 is 10.2 Å². The third kappa shape index (κ3) is 3.97. The first kappa shape index (κ1) is 19.1. The lowest BCUT2D eigenvalue weighted by molar-refractivity contribution is -0.117. The minimum absolute atomic E-state index is 0.0948. The van der Waals surface area contributed by atoms with Crippen molar-refractivity contribution in [3.8, 4) is 0 Å². The van der Waals surface area contributed by atoms with Crippen LogP contribution in [0.1, 0.15) is 45.9 Å². The van der Waals surface area contributed by atoms with Crippen LogP contribution in [0.5, 0.6) is 0 Å². The number of furan rings is 1. The van der Waals surface area contributed by atoms with Crippen molar-refractivity contribution < 1.29 is 14.0 Å². The fourth-order valence-electron chi connectivity index (χ4n) is 3.83. The van der Waals surface area contributed by atoms with Crippen LogP contribution >= 0.6 is 0 Å². The zero-order valence-corrected chi connectivity index (χ0v) is 16.8. The van der Waals surface area contributed by atoms with Crippen molar-refractivity contribution >= 4 is 17.5 Å². The third-order valence-corrected chi connectivity index (χ3v) is 5.49. The SMILES string of the molecule is Cc1cc(C(=O)NCc2ccc(N3CCCC3=O)cc2)c(C)n1Cc1ccco1. The van der Waals surface area contributed by atoms with E-state index in [0.717, 1.165) is 41.4 Å². The summed E-state index contributed by atoms with van der Waals surface area (Å²) in [6.45, 7) is 5.77. The molecule has 1 saturated heterocycles. The maximum Gasteiger partial charge on any atom is 0.253 e. The molecule has 3 heterocycles. The lowest BCUT2D eigenvalue weighted by Crippen LogP contribution is -2.24. The second-order valence-corrected chi connectivity index (χ2v) is 7.45. The average Bonchev–Trinajstić information content (AvgIpc) is 3.45. The Morgan fingerprint density at radius 3 is 2.62 bits per heavy atom. The van der Waals surface area contributed by atoms with E-state index in [1.165, 1.54) is 0 Å². The van der Waals surface area contributed by atoms with Gasteiger partial charge in [-0.05, 0) is 56.2 Å². The molecule has 1 aliphatic heterocycles. The van der Waals surface area contributed by atoms with Gasteiger partial charge in [-0.15, -0.1) is 0 Å². The van der Waals surface area contributed by atoms with Gasteiger partial charge in [-0.3, -0.25) is 9.59 Å². The highest BCUT2D eigenvalue weighted by Gasteiger charge is 2.21. The van der Waals surface area contributed by atoms with Gasteiger partial charge in [-0.2, -0.15) is 0 Å². The number of hydrogen-bond acceptors (Lipinski definition) is 3. The Bertz CT molecular complexity index is 1020. The molecule has 1 aromatic carbocycles. The van der Waals surface area contributed by atoms with Crippen LogP contribution in [0.3, 0.4) is 0 Å². The van der Waals surface area contributed by atoms with Crippen molar-refractivity contribution in [3.63, 3.8) is 0 Å². The summed E-state index contributed by atoms with van der Waals surface area (Å²) in [5.41, 5.74) is 4.53. The lowest BCUT2D eigenvalue weighted by atomic mass is 10.2. The molecule has 2 amide bonds. The fourth-order valence-corrected chi connectivity index (χ4v) is 3.83. The highest BCUT2D eigenvalue weighted by Crippen LogP contribution is 2.22. The van der Waals surface area contributed by atoms with Crippen LogP contribution in [0.4, 0.5) is 5.69 Å². The number of carbonyl (C=O) groups excluding carboxylic acids is 2. The van der Waals surface area contributed by atoms with Crippen molar-refractivity contribution in [2.75, 3.05) is 11.4 Å². The predicted octanol–water partition coefficient (Wildman–Crippen LogP) is 3.80. The van der Waals surface area contributed by atoms with Gasteiger partial charge in [0.15, 0.2) is 0 Å². The van der Waals surface area contributed by atoms with Gasteiger partial charge in [0, 0.05) is 36.6 Å². The number of carbonyl (C=O) groups is 2. The molecule has 2 aromatic heterocycles. The number of nitrogens with zero attached hydrogens (tertiary/aromatic N) is 2. The molecular formula is C23H25N3O3. The van der Waals surface area contributed by atoms with Gasteiger partial charge in [0.05, 0.1) is 18.4 Å². The number of nitrogens with one attached hydrogen (secondary N) is 1. The van der Waals surface area contributed by atoms with Crippen molar-refractivity contribution in [1.29, 1.82) is 0 Å². The van der Waals surface area contributed by atoms with Crippen LogP contribution in [0, 0.1) is 13.8 Å². The first-order valence-electron chi connectivity index (χ1n) is 9.89. The van der Waals surface area contributed by atoms with E-state index < -0.39 is 0 Å². The second kappa shape index (κ2) is 7.99. The Balaban J connectivity index is 1.40. The summed E-state index contributed by atoms with van der Waals surface area (Å²) in [5.74, 6) is 0.939. The molecule has 0 aliphatic carbocycles. The molecular weight excluding hydrogens is 366 g/mol. The number of aryl methyl sites for hydroxylation is 1. The largest absolute Gasteiger partial charge is 0.467 e. The Morgan fingerprint density at radius 2 is 1.97 bits per heavy atom. The number of rotatable bonds is 6. The number of anilines is 1. The topological polar surface area (TPSA) is 67.5 Å². The van der Waals surface area contributed by atoms with Crippen LogP contribution in [-0.2, 0) is 17.9 Å². The van der Waals surface area contributed by atoms with E-state index in [9.17, 15) is 9.59 Å². The molecule has 0 unspecified atom stereocenters. The summed E-state index contributed by atoms with van der Waals surface area (Å²) in [4.78, 5) is 26.4. The number of aromatic nitrogens is 1. The molecule has 6 heteroatoms. The first-order chi connectivity index (χ1) is 14.0. The number of hydrogen-bond donors (Lipinski definition) is 1. The maximum absolute atomic E-state index is 12.7. The molecule has 1 aliphatic rings. The third-order valence-electron chi connectivity index (χ3n) is 5.49. The van der Waals surface area contributed by atoms with E-state index in [4.69, 9.17) is 4.42 Å².